The van der Waals surface area contributed by atoms with Gasteiger partial charge in [-0.3, -0.25) is 9.79 Å². The zero-order chi connectivity index (χ0) is 20.3. The molecule has 10 heteroatoms. The highest BCUT2D eigenvalue weighted by Crippen LogP contribution is 2.44. The molecular weight excluding hydrogens is 389 g/mol. The van der Waals surface area contributed by atoms with E-state index >= 15 is 0 Å². The van der Waals surface area contributed by atoms with Crippen molar-refractivity contribution in [2.24, 2.45) is 0 Å². The number of phosphoric ester groups is 1. The highest BCUT2D eigenvalue weighted by atomic mass is 31.2. The van der Waals surface area contributed by atoms with E-state index in [1.807, 2.05) is 0 Å². The molecule has 9 nitrogen and oxygen atoms in total. The van der Waals surface area contributed by atoms with E-state index in [-0.39, 0.29) is 11.5 Å². The molecule has 2 N–H and O–H groups in total. The summed E-state index contributed by atoms with van der Waals surface area (Å²) in [6.45, 7) is 0. The lowest BCUT2D eigenvalue weighted by Crippen LogP contribution is -1.95. The van der Waals surface area contributed by atoms with Gasteiger partial charge in [0.2, 0.25) is 0 Å². The summed E-state index contributed by atoms with van der Waals surface area (Å²) in [6, 6.07) is 9.83. The van der Waals surface area contributed by atoms with Gasteiger partial charge in [0.1, 0.15) is 17.2 Å². The zero-order valence-electron chi connectivity index (χ0n) is 15.3. The summed E-state index contributed by atoms with van der Waals surface area (Å²) in [5.74, 6) is 1.55. The summed E-state index contributed by atoms with van der Waals surface area (Å²) in [4.78, 5) is 22.5. The van der Waals surface area contributed by atoms with Gasteiger partial charge in [0.05, 0.1) is 21.3 Å². The van der Waals surface area contributed by atoms with Gasteiger partial charge in [-0.05, 0) is 30.3 Å². The minimum atomic E-state index is -4.77. The molecule has 0 amide bonds. The molecule has 0 atom stereocenters. The lowest BCUT2D eigenvalue weighted by molar-refractivity contribution is 0.276. The van der Waals surface area contributed by atoms with Crippen LogP contribution in [0.5, 0.6) is 23.0 Å². The van der Waals surface area contributed by atoms with Gasteiger partial charge in [0, 0.05) is 17.2 Å². The number of rotatable bonds is 7. The Hall–Kier alpha value is -3.00. The molecule has 0 aliphatic heterocycles. The number of hydrogen-bond donors (Lipinski definition) is 2. The smallest absolute Gasteiger partial charge is 0.497 e. The third-order valence-corrected chi connectivity index (χ3v) is 4.27. The van der Waals surface area contributed by atoms with Crippen LogP contribution in [0.4, 0.5) is 0 Å². The highest BCUT2D eigenvalue weighted by molar-refractivity contribution is 7.46. The molecule has 0 unspecified atom stereocenters. The van der Waals surface area contributed by atoms with Crippen molar-refractivity contribution in [2.45, 2.75) is 0 Å². The van der Waals surface area contributed by atoms with Gasteiger partial charge in [0.25, 0.3) is 0 Å². The number of phosphoric acid groups is 1. The largest absolute Gasteiger partial charge is 0.524 e. The maximum absolute atomic E-state index is 11.2. The van der Waals surface area contributed by atoms with Crippen LogP contribution in [-0.2, 0) is 4.57 Å². The summed E-state index contributed by atoms with van der Waals surface area (Å²) >= 11 is 0. The maximum atomic E-state index is 11.2. The van der Waals surface area contributed by atoms with Crippen LogP contribution in [0.1, 0.15) is 0 Å². The standard InChI is InChI=1S/C18H18NO8P/c1-23-13-6-12(7-14(9-13)24-2)17-18(26-10-19-17)11-4-5-15(25-3)16(8-11)27-28(20,21)22/h4-10H,1-3H3,(H2,20,21,22). The first-order valence-electron chi connectivity index (χ1n) is 7.95. The molecule has 3 aromatic rings. The fourth-order valence-corrected chi connectivity index (χ4v) is 3.02. The molecule has 28 heavy (non-hydrogen) atoms. The third-order valence-electron chi connectivity index (χ3n) is 3.84. The van der Waals surface area contributed by atoms with Crippen molar-refractivity contribution in [3.8, 4) is 45.6 Å². The second-order valence-corrected chi connectivity index (χ2v) is 6.74. The Labute approximate surface area is 160 Å². The maximum Gasteiger partial charge on any atom is 0.524 e. The fraction of sp³-hybridized carbons (Fsp3) is 0.167. The van der Waals surface area contributed by atoms with Crippen molar-refractivity contribution < 1.29 is 37.5 Å². The molecular formula is C18H18NO8P. The lowest BCUT2D eigenvalue weighted by Gasteiger charge is -2.12. The third kappa shape index (κ3) is 4.28. The van der Waals surface area contributed by atoms with Gasteiger partial charge >= 0.3 is 7.82 Å². The number of hydrogen-bond acceptors (Lipinski definition) is 7. The molecule has 0 aliphatic rings. The van der Waals surface area contributed by atoms with Crippen LogP contribution < -0.4 is 18.7 Å². The molecule has 3 rings (SSSR count). The normalized spacial score (nSPS) is 11.2. The summed E-state index contributed by atoms with van der Waals surface area (Å²) in [5, 5.41) is 0. The quantitative estimate of drug-likeness (QED) is 0.567. The van der Waals surface area contributed by atoms with E-state index < -0.39 is 7.82 Å². The van der Waals surface area contributed by atoms with Crippen LogP contribution in [0.25, 0.3) is 22.6 Å². The number of ether oxygens (including phenoxy) is 3. The van der Waals surface area contributed by atoms with Crippen molar-refractivity contribution >= 4 is 7.82 Å². The van der Waals surface area contributed by atoms with Gasteiger partial charge in [-0.25, -0.2) is 9.55 Å². The first-order valence-corrected chi connectivity index (χ1v) is 9.48. The summed E-state index contributed by atoms with van der Waals surface area (Å²) in [7, 11) is -0.332. The number of benzene rings is 2. The molecule has 0 saturated carbocycles. The average molecular weight is 407 g/mol. The molecule has 0 saturated heterocycles. The van der Waals surface area contributed by atoms with Crippen molar-refractivity contribution in [2.75, 3.05) is 21.3 Å². The number of oxazole rings is 1. The highest BCUT2D eigenvalue weighted by Gasteiger charge is 2.22. The summed E-state index contributed by atoms with van der Waals surface area (Å²) in [5.41, 5.74) is 1.65. The average Bonchev–Trinajstić information content (AvgIpc) is 3.16. The van der Waals surface area contributed by atoms with Crippen molar-refractivity contribution in [1.82, 2.24) is 4.98 Å². The SMILES string of the molecule is COc1cc(OC)cc(-c2ncoc2-c2ccc(OC)c(OP(=O)(O)O)c2)c1. The summed E-state index contributed by atoms with van der Waals surface area (Å²) in [6.07, 6.45) is 1.27. The minimum absolute atomic E-state index is 0.126. The first-order chi connectivity index (χ1) is 13.3. The van der Waals surface area contributed by atoms with Crippen molar-refractivity contribution in [1.29, 1.82) is 0 Å². The predicted octanol–water partition coefficient (Wildman–Crippen LogP) is 3.51. The van der Waals surface area contributed by atoms with Crippen molar-refractivity contribution in [3.05, 3.63) is 42.8 Å². The van der Waals surface area contributed by atoms with Crippen LogP contribution >= 0.6 is 7.82 Å². The van der Waals surface area contributed by atoms with Gasteiger partial charge in [-0.2, -0.15) is 0 Å². The zero-order valence-corrected chi connectivity index (χ0v) is 16.2. The molecule has 0 radical (unpaired) electrons. The van der Waals surface area contributed by atoms with Gasteiger partial charge in [-0.1, -0.05) is 0 Å². The first kappa shape index (κ1) is 19.8. The fourth-order valence-electron chi connectivity index (χ4n) is 2.62. The van der Waals surface area contributed by atoms with Gasteiger partial charge in [0.15, 0.2) is 23.7 Å². The van der Waals surface area contributed by atoms with E-state index in [0.29, 0.717) is 34.1 Å². The molecule has 1 aromatic heterocycles. The van der Waals surface area contributed by atoms with Crippen LogP contribution in [0.3, 0.4) is 0 Å². The Morgan fingerprint density at radius 1 is 0.893 bits per heavy atom. The van der Waals surface area contributed by atoms with Gasteiger partial charge in [-0.15, -0.1) is 0 Å². The van der Waals surface area contributed by atoms with E-state index in [1.165, 1.54) is 39.9 Å². The Balaban J connectivity index is 2.10. The second kappa shape index (κ2) is 7.93. The van der Waals surface area contributed by atoms with Crippen molar-refractivity contribution in [3.63, 3.8) is 0 Å². The summed E-state index contributed by atoms with van der Waals surface area (Å²) < 4.78 is 37.2. The predicted molar refractivity (Wildman–Crippen MR) is 99.7 cm³/mol. The number of methoxy groups -OCH3 is 3. The molecule has 0 bridgehead atoms. The Morgan fingerprint density at radius 2 is 1.57 bits per heavy atom. The molecule has 0 aliphatic carbocycles. The van der Waals surface area contributed by atoms with Crippen LogP contribution in [0, 0.1) is 0 Å². The molecule has 148 valence electrons. The topological polar surface area (TPSA) is 120 Å². The second-order valence-electron chi connectivity index (χ2n) is 5.58. The molecule has 2 aromatic carbocycles. The Morgan fingerprint density at radius 3 is 2.14 bits per heavy atom. The van der Waals surface area contributed by atoms with Crippen LogP contribution in [0.15, 0.2) is 47.2 Å². The van der Waals surface area contributed by atoms with E-state index in [4.69, 9.17) is 32.9 Å². The van der Waals surface area contributed by atoms with E-state index in [2.05, 4.69) is 4.98 Å². The van der Waals surface area contributed by atoms with E-state index in [9.17, 15) is 4.57 Å². The van der Waals surface area contributed by atoms with Crippen LogP contribution in [0.2, 0.25) is 0 Å². The molecule has 0 fully saturated rings. The lowest BCUT2D eigenvalue weighted by atomic mass is 10.0. The number of aromatic nitrogens is 1. The monoisotopic (exact) mass is 407 g/mol. The van der Waals surface area contributed by atoms with Crippen LogP contribution in [-0.4, -0.2) is 36.1 Å². The Kier molecular flexibility index (Phi) is 5.60. The van der Waals surface area contributed by atoms with E-state index in [1.54, 1.807) is 24.3 Å². The molecule has 0 spiro atoms. The minimum Gasteiger partial charge on any atom is -0.497 e. The Bertz CT molecular complexity index is 1000. The van der Waals surface area contributed by atoms with E-state index in [0.717, 1.165) is 0 Å². The number of nitrogens with zero attached hydrogens (tertiary/aromatic N) is 1. The van der Waals surface area contributed by atoms with Gasteiger partial charge < -0.3 is 23.2 Å². The molecule has 1 heterocycles.